The summed E-state index contributed by atoms with van der Waals surface area (Å²) in [5, 5.41) is 3.31. The molecule has 1 atom stereocenters. The van der Waals surface area contributed by atoms with Gasteiger partial charge in [0.2, 0.25) is 5.76 Å². The van der Waals surface area contributed by atoms with Crippen LogP contribution in [0.4, 0.5) is 0 Å². The Morgan fingerprint density at radius 1 is 1.58 bits per heavy atom. The van der Waals surface area contributed by atoms with Gasteiger partial charge in [-0.15, -0.1) is 0 Å². The minimum absolute atomic E-state index is 0.291. The van der Waals surface area contributed by atoms with Crippen LogP contribution < -0.4 is 5.32 Å². The lowest BCUT2D eigenvalue weighted by molar-refractivity contribution is 0.0485. The highest BCUT2D eigenvalue weighted by atomic mass is 16.5. The van der Waals surface area contributed by atoms with Crippen LogP contribution >= 0.6 is 0 Å². The van der Waals surface area contributed by atoms with Gasteiger partial charge in [-0.05, 0) is 45.5 Å². The van der Waals surface area contributed by atoms with Crippen LogP contribution in [0, 0.1) is 0 Å². The van der Waals surface area contributed by atoms with Gasteiger partial charge >= 0.3 is 5.97 Å². The Labute approximate surface area is 113 Å². The van der Waals surface area contributed by atoms with Crippen LogP contribution in [0.15, 0.2) is 16.5 Å². The van der Waals surface area contributed by atoms with Gasteiger partial charge in [-0.2, -0.15) is 0 Å². The third kappa shape index (κ3) is 3.81. The van der Waals surface area contributed by atoms with E-state index in [1.807, 2.05) is 13.1 Å². The molecule has 1 aromatic rings. The van der Waals surface area contributed by atoms with E-state index in [1.54, 1.807) is 13.0 Å². The zero-order valence-corrected chi connectivity index (χ0v) is 11.6. The fraction of sp³-hybridized carbons (Fsp3) is 0.643. The van der Waals surface area contributed by atoms with Crippen molar-refractivity contribution in [2.75, 3.05) is 26.7 Å². The number of nitrogens with one attached hydrogen (secondary N) is 1. The Balaban J connectivity index is 1.90. The highest BCUT2D eigenvalue weighted by Crippen LogP contribution is 2.16. The molecule has 0 aromatic carbocycles. The fourth-order valence-corrected chi connectivity index (χ4v) is 2.43. The number of carbonyl (C=O) groups is 1. The molecule has 0 radical (unpaired) electrons. The highest BCUT2D eigenvalue weighted by molar-refractivity contribution is 5.86. The third-order valence-corrected chi connectivity index (χ3v) is 3.43. The molecule has 0 amide bonds. The Hall–Kier alpha value is -1.33. The normalized spacial score (nSPS) is 20.4. The second-order valence-electron chi connectivity index (χ2n) is 4.85. The number of likely N-dealkylation sites (tertiary alicyclic amines) is 1. The van der Waals surface area contributed by atoms with Gasteiger partial charge in [0.05, 0.1) is 13.2 Å². The van der Waals surface area contributed by atoms with E-state index in [0.717, 1.165) is 25.4 Å². The molecule has 0 saturated carbocycles. The van der Waals surface area contributed by atoms with Crippen molar-refractivity contribution in [3.05, 3.63) is 23.7 Å². The number of hydrogen-bond acceptors (Lipinski definition) is 5. The van der Waals surface area contributed by atoms with Crippen LogP contribution in [-0.4, -0.2) is 43.7 Å². The van der Waals surface area contributed by atoms with Crippen LogP contribution in [0.5, 0.6) is 0 Å². The van der Waals surface area contributed by atoms with Crippen molar-refractivity contribution in [1.29, 1.82) is 0 Å². The maximum absolute atomic E-state index is 11.5. The summed E-state index contributed by atoms with van der Waals surface area (Å²) in [5.41, 5.74) is 0. The van der Waals surface area contributed by atoms with Crippen LogP contribution in [-0.2, 0) is 11.3 Å². The van der Waals surface area contributed by atoms with Crippen molar-refractivity contribution in [2.45, 2.75) is 32.4 Å². The maximum Gasteiger partial charge on any atom is 0.374 e. The first-order chi connectivity index (χ1) is 9.22. The van der Waals surface area contributed by atoms with E-state index in [0.29, 0.717) is 18.4 Å². The van der Waals surface area contributed by atoms with Crippen molar-refractivity contribution >= 4 is 5.97 Å². The van der Waals surface area contributed by atoms with Crippen molar-refractivity contribution in [1.82, 2.24) is 10.2 Å². The van der Waals surface area contributed by atoms with E-state index in [9.17, 15) is 4.79 Å². The van der Waals surface area contributed by atoms with Gasteiger partial charge in [0.15, 0.2) is 0 Å². The minimum Gasteiger partial charge on any atom is -0.460 e. The molecule has 1 N–H and O–H groups in total. The fourth-order valence-electron chi connectivity index (χ4n) is 2.43. The quantitative estimate of drug-likeness (QED) is 0.821. The summed E-state index contributed by atoms with van der Waals surface area (Å²) in [6.45, 7) is 5.00. The Bertz CT molecular complexity index is 417. The number of hydrogen-bond donors (Lipinski definition) is 1. The minimum atomic E-state index is -0.388. The van der Waals surface area contributed by atoms with Gasteiger partial charge in [-0.25, -0.2) is 4.79 Å². The Morgan fingerprint density at radius 2 is 2.42 bits per heavy atom. The second-order valence-corrected chi connectivity index (χ2v) is 4.85. The zero-order valence-electron chi connectivity index (χ0n) is 11.6. The lowest BCUT2D eigenvalue weighted by atomic mass is 10.1. The summed E-state index contributed by atoms with van der Waals surface area (Å²) in [5.74, 6) is 0.722. The van der Waals surface area contributed by atoms with Crippen molar-refractivity contribution in [3.63, 3.8) is 0 Å². The summed E-state index contributed by atoms with van der Waals surface area (Å²) >= 11 is 0. The molecular weight excluding hydrogens is 244 g/mol. The molecule has 106 valence electrons. The number of ether oxygens (including phenoxy) is 1. The zero-order chi connectivity index (χ0) is 13.7. The molecule has 1 fully saturated rings. The predicted octanol–water partition coefficient (Wildman–Crippen LogP) is 1.64. The number of piperidine rings is 1. The van der Waals surface area contributed by atoms with Gasteiger partial charge in [-0.1, -0.05) is 0 Å². The van der Waals surface area contributed by atoms with Crippen LogP contribution in [0.25, 0.3) is 0 Å². The average molecular weight is 266 g/mol. The molecule has 1 saturated heterocycles. The largest absolute Gasteiger partial charge is 0.460 e. The average Bonchev–Trinajstić information content (AvgIpc) is 2.88. The molecule has 5 heteroatoms. The monoisotopic (exact) mass is 266 g/mol. The molecule has 1 aliphatic rings. The van der Waals surface area contributed by atoms with Gasteiger partial charge in [0, 0.05) is 12.6 Å². The van der Waals surface area contributed by atoms with E-state index in [-0.39, 0.29) is 5.97 Å². The van der Waals surface area contributed by atoms with E-state index in [1.165, 1.54) is 12.8 Å². The lowest BCUT2D eigenvalue weighted by Crippen LogP contribution is -2.43. The molecule has 1 aromatic heterocycles. The summed E-state index contributed by atoms with van der Waals surface area (Å²) in [4.78, 5) is 13.9. The smallest absolute Gasteiger partial charge is 0.374 e. The second kappa shape index (κ2) is 6.73. The molecule has 0 spiro atoms. The van der Waals surface area contributed by atoms with Gasteiger partial charge in [-0.3, -0.25) is 4.90 Å². The molecule has 5 nitrogen and oxygen atoms in total. The molecule has 2 rings (SSSR count). The third-order valence-electron chi connectivity index (χ3n) is 3.43. The highest BCUT2D eigenvalue weighted by Gasteiger charge is 2.20. The predicted molar refractivity (Wildman–Crippen MR) is 72.0 cm³/mol. The molecule has 0 aliphatic carbocycles. The number of esters is 1. The molecule has 0 bridgehead atoms. The van der Waals surface area contributed by atoms with Gasteiger partial charge < -0.3 is 14.5 Å². The number of likely N-dealkylation sites (N-methyl/N-ethyl adjacent to an activating group) is 1. The number of furan rings is 1. The summed E-state index contributed by atoms with van der Waals surface area (Å²) < 4.78 is 10.4. The first-order valence-corrected chi connectivity index (χ1v) is 6.88. The van der Waals surface area contributed by atoms with E-state index < -0.39 is 0 Å². The van der Waals surface area contributed by atoms with Crippen LogP contribution in [0.2, 0.25) is 0 Å². The molecule has 1 unspecified atom stereocenters. The lowest BCUT2D eigenvalue weighted by Gasteiger charge is -2.31. The first kappa shape index (κ1) is 14.1. The number of nitrogens with zero attached hydrogens (tertiary/aromatic N) is 1. The number of carbonyl (C=O) groups excluding carboxylic acids is 1. The summed E-state index contributed by atoms with van der Waals surface area (Å²) in [6, 6.07) is 4.09. The number of rotatable bonds is 5. The van der Waals surface area contributed by atoms with Gasteiger partial charge in [0.1, 0.15) is 5.76 Å². The molecule has 1 aliphatic heterocycles. The standard InChI is InChI=1S/C14H22N2O3/c1-3-18-14(17)13-7-6-12(19-13)10-16-8-4-5-11(9-16)15-2/h6-7,11,15H,3-5,8-10H2,1-2H3. The van der Waals surface area contributed by atoms with Crippen molar-refractivity contribution < 1.29 is 13.9 Å². The van der Waals surface area contributed by atoms with Gasteiger partial charge in [0.25, 0.3) is 0 Å². The van der Waals surface area contributed by atoms with E-state index in [4.69, 9.17) is 9.15 Å². The molecule has 19 heavy (non-hydrogen) atoms. The van der Waals surface area contributed by atoms with Crippen molar-refractivity contribution in [3.8, 4) is 0 Å². The van der Waals surface area contributed by atoms with Crippen molar-refractivity contribution in [2.24, 2.45) is 0 Å². The summed E-state index contributed by atoms with van der Waals surface area (Å²) in [7, 11) is 2.00. The molecule has 2 heterocycles. The SMILES string of the molecule is CCOC(=O)c1ccc(CN2CCCC(NC)C2)o1. The molecular formula is C14H22N2O3. The van der Waals surface area contributed by atoms with E-state index >= 15 is 0 Å². The van der Waals surface area contributed by atoms with Crippen LogP contribution in [0.3, 0.4) is 0 Å². The Morgan fingerprint density at radius 3 is 3.16 bits per heavy atom. The topological polar surface area (TPSA) is 54.7 Å². The Kier molecular flexibility index (Phi) is 4.99. The van der Waals surface area contributed by atoms with E-state index in [2.05, 4.69) is 10.2 Å². The first-order valence-electron chi connectivity index (χ1n) is 6.88. The van der Waals surface area contributed by atoms with Crippen LogP contribution in [0.1, 0.15) is 36.1 Å². The maximum atomic E-state index is 11.5. The summed E-state index contributed by atoms with van der Waals surface area (Å²) in [6.07, 6.45) is 2.41.